The minimum atomic E-state index is -0.176. The largest absolute Gasteiger partial charge is 0.322 e. The molecule has 2 amide bonds. The molecule has 0 fully saturated rings. The Balaban J connectivity index is 1.27. The second-order valence-electron chi connectivity index (χ2n) is 7.81. The fourth-order valence-corrected chi connectivity index (χ4v) is 3.78. The molecule has 0 aliphatic heterocycles. The van der Waals surface area contributed by atoms with Crippen LogP contribution in [0, 0.1) is 0 Å². The van der Waals surface area contributed by atoms with Gasteiger partial charge in [-0.05, 0) is 53.2 Å². The number of hydrogen-bond donors (Lipinski definition) is 2. The highest BCUT2D eigenvalue weighted by atomic mass is 16.2. The number of hydrogen-bond acceptors (Lipinski definition) is 3. The number of nitrogens with zero attached hydrogens (tertiary/aromatic N) is 1. The summed E-state index contributed by atoms with van der Waals surface area (Å²) >= 11 is 0. The lowest BCUT2D eigenvalue weighted by atomic mass is 10.0. The molecule has 4 aromatic carbocycles. The minimum Gasteiger partial charge on any atom is -0.322 e. The highest BCUT2D eigenvalue weighted by molar-refractivity contribution is 6.12. The maximum absolute atomic E-state index is 12.8. The van der Waals surface area contributed by atoms with Crippen LogP contribution in [0.15, 0.2) is 115 Å². The van der Waals surface area contributed by atoms with E-state index in [2.05, 4.69) is 15.6 Å². The fraction of sp³-hybridized carbons (Fsp3) is 0. The van der Waals surface area contributed by atoms with Gasteiger partial charge in [0.2, 0.25) is 0 Å². The molecular formula is C29H21N3O2. The van der Waals surface area contributed by atoms with Crippen molar-refractivity contribution in [3.05, 3.63) is 127 Å². The van der Waals surface area contributed by atoms with Crippen molar-refractivity contribution < 1.29 is 9.59 Å². The van der Waals surface area contributed by atoms with Gasteiger partial charge in [0.15, 0.2) is 0 Å². The van der Waals surface area contributed by atoms with Crippen LogP contribution in [0.1, 0.15) is 20.7 Å². The molecule has 0 radical (unpaired) electrons. The lowest BCUT2D eigenvalue weighted by Gasteiger charge is -2.09. The summed E-state index contributed by atoms with van der Waals surface area (Å²) in [5.74, 6) is -0.331. The number of anilines is 2. The van der Waals surface area contributed by atoms with Crippen molar-refractivity contribution >= 4 is 34.0 Å². The van der Waals surface area contributed by atoms with Crippen LogP contribution in [-0.2, 0) is 0 Å². The van der Waals surface area contributed by atoms with Crippen LogP contribution in [0.2, 0.25) is 0 Å². The zero-order valence-electron chi connectivity index (χ0n) is 18.2. The lowest BCUT2D eigenvalue weighted by molar-refractivity contribution is 0.101. The van der Waals surface area contributed by atoms with E-state index in [1.807, 2.05) is 97.1 Å². The van der Waals surface area contributed by atoms with Crippen molar-refractivity contribution in [2.75, 3.05) is 10.6 Å². The Bertz CT molecular complexity index is 1460. The molecule has 0 saturated carbocycles. The van der Waals surface area contributed by atoms with Gasteiger partial charge >= 0.3 is 0 Å². The van der Waals surface area contributed by atoms with E-state index in [0.29, 0.717) is 22.5 Å². The van der Waals surface area contributed by atoms with Gasteiger partial charge in [0.25, 0.3) is 11.8 Å². The number of carbonyl (C=O) groups excluding carboxylic acids is 2. The van der Waals surface area contributed by atoms with E-state index in [9.17, 15) is 9.59 Å². The summed E-state index contributed by atoms with van der Waals surface area (Å²) in [6.07, 6.45) is 1.64. The van der Waals surface area contributed by atoms with Crippen molar-refractivity contribution in [1.29, 1.82) is 0 Å². The Morgan fingerprint density at radius 1 is 0.588 bits per heavy atom. The van der Waals surface area contributed by atoms with Crippen LogP contribution in [0.25, 0.3) is 22.0 Å². The molecule has 5 rings (SSSR count). The smallest absolute Gasteiger partial charge is 0.256 e. The number of aromatic nitrogens is 1. The molecule has 5 aromatic rings. The van der Waals surface area contributed by atoms with Gasteiger partial charge in [-0.25, -0.2) is 0 Å². The maximum atomic E-state index is 12.8. The first-order valence-electron chi connectivity index (χ1n) is 10.9. The van der Waals surface area contributed by atoms with Gasteiger partial charge in [-0.15, -0.1) is 0 Å². The van der Waals surface area contributed by atoms with E-state index in [-0.39, 0.29) is 11.8 Å². The molecule has 5 nitrogen and oxygen atoms in total. The molecule has 0 saturated heterocycles. The van der Waals surface area contributed by atoms with E-state index in [1.54, 1.807) is 18.3 Å². The molecule has 0 bridgehead atoms. The first kappa shape index (κ1) is 21.1. The van der Waals surface area contributed by atoms with Crippen LogP contribution < -0.4 is 10.6 Å². The standard InChI is InChI=1S/C29H21N3O2/c33-28(22-8-2-1-3-9-22)31-23-15-13-21(14-16-23)27-18-17-24(19-30-27)32-29(34)26-12-6-10-20-7-4-5-11-25(20)26/h1-19H,(H,31,33)(H,32,34). The van der Waals surface area contributed by atoms with E-state index in [1.165, 1.54) is 0 Å². The molecule has 0 aliphatic rings. The number of fused-ring (bicyclic) bond motifs is 1. The van der Waals surface area contributed by atoms with Crippen molar-refractivity contribution in [2.45, 2.75) is 0 Å². The quantitative estimate of drug-likeness (QED) is 0.330. The SMILES string of the molecule is O=C(Nc1ccc(-c2ccc(NC(=O)c3cccc4ccccc34)cn2)cc1)c1ccccc1. The van der Waals surface area contributed by atoms with Gasteiger partial charge < -0.3 is 10.6 Å². The van der Waals surface area contributed by atoms with Crippen LogP contribution >= 0.6 is 0 Å². The van der Waals surface area contributed by atoms with Crippen molar-refractivity contribution in [2.24, 2.45) is 0 Å². The molecule has 1 aromatic heterocycles. The van der Waals surface area contributed by atoms with Gasteiger partial charge in [0.05, 0.1) is 17.6 Å². The van der Waals surface area contributed by atoms with Crippen molar-refractivity contribution in [3.8, 4) is 11.3 Å². The Morgan fingerprint density at radius 2 is 1.26 bits per heavy atom. The average molecular weight is 444 g/mol. The highest BCUT2D eigenvalue weighted by Gasteiger charge is 2.11. The Kier molecular flexibility index (Phi) is 5.82. The second-order valence-corrected chi connectivity index (χ2v) is 7.81. The monoisotopic (exact) mass is 443 g/mol. The fourth-order valence-electron chi connectivity index (χ4n) is 3.78. The zero-order valence-corrected chi connectivity index (χ0v) is 18.2. The number of rotatable bonds is 5. The third-order valence-corrected chi connectivity index (χ3v) is 5.53. The second kappa shape index (κ2) is 9.38. The van der Waals surface area contributed by atoms with E-state index in [4.69, 9.17) is 0 Å². The van der Waals surface area contributed by atoms with Crippen LogP contribution in [-0.4, -0.2) is 16.8 Å². The number of nitrogens with one attached hydrogen (secondary N) is 2. The summed E-state index contributed by atoms with van der Waals surface area (Å²) in [5.41, 5.74) is 4.23. The van der Waals surface area contributed by atoms with Crippen molar-refractivity contribution in [3.63, 3.8) is 0 Å². The van der Waals surface area contributed by atoms with Gasteiger partial charge in [-0.3, -0.25) is 14.6 Å². The van der Waals surface area contributed by atoms with E-state index < -0.39 is 0 Å². The molecule has 0 unspecified atom stereocenters. The van der Waals surface area contributed by atoms with Crippen LogP contribution in [0.4, 0.5) is 11.4 Å². The summed E-state index contributed by atoms with van der Waals surface area (Å²) in [4.78, 5) is 29.6. The predicted octanol–water partition coefficient (Wildman–Crippen LogP) is 6.41. The van der Waals surface area contributed by atoms with Gasteiger partial charge in [0, 0.05) is 22.4 Å². The minimum absolute atomic E-state index is 0.155. The third kappa shape index (κ3) is 4.54. The number of amides is 2. The predicted molar refractivity (Wildman–Crippen MR) is 136 cm³/mol. The maximum Gasteiger partial charge on any atom is 0.256 e. The van der Waals surface area contributed by atoms with Gasteiger partial charge in [-0.1, -0.05) is 66.7 Å². The van der Waals surface area contributed by atoms with Gasteiger partial charge in [-0.2, -0.15) is 0 Å². The molecular weight excluding hydrogens is 422 g/mol. The Morgan fingerprint density at radius 3 is 2.03 bits per heavy atom. The molecule has 164 valence electrons. The molecule has 0 aliphatic carbocycles. The number of benzene rings is 4. The number of pyridine rings is 1. The Labute approximate surface area is 197 Å². The van der Waals surface area contributed by atoms with Crippen LogP contribution in [0.3, 0.4) is 0 Å². The summed E-state index contributed by atoms with van der Waals surface area (Å²) in [6.45, 7) is 0. The topological polar surface area (TPSA) is 71.1 Å². The summed E-state index contributed by atoms with van der Waals surface area (Å²) in [5, 5.41) is 7.74. The van der Waals surface area contributed by atoms with E-state index in [0.717, 1.165) is 22.0 Å². The number of carbonyl (C=O) groups is 2. The molecule has 5 heteroatoms. The summed E-state index contributed by atoms with van der Waals surface area (Å²) < 4.78 is 0. The van der Waals surface area contributed by atoms with Gasteiger partial charge in [0.1, 0.15) is 0 Å². The first-order chi connectivity index (χ1) is 16.7. The molecule has 34 heavy (non-hydrogen) atoms. The van der Waals surface area contributed by atoms with E-state index >= 15 is 0 Å². The molecule has 1 heterocycles. The third-order valence-electron chi connectivity index (χ3n) is 5.53. The van der Waals surface area contributed by atoms with Crippen molar-refractivity contribution in [1.82, 2.24) is 4.98 Å². The molecule has 0 atom stereocenters. The Hall–Kier alpha value is -4.77. The normalized spacial score (nSPS) is 10.6. The zero-order chi connectivity index (χ0) is 23.3. The first-order valence-corrected chi connectivity index (χ1v) is 10.9. The molecule has 0 spiro atoms. The summed E-state index contributed by atoms with van der Waals surface area (Å²) in [6, 6.07) is 33.7. The average Bonchev–Trinajstić information content (AvgIpc) is 2.90. The molecule has 2 N–H and O–H groups in total. The lowest BCUT2D eigenvalue weighted by Crippen LogP contribution is -2.12. The van der Waals surface area contributed by atoms with Crippen LogP contribution in [0.5, 0.6) is 0 Å². The summed E-state index contributed by atoms with van der Waals surface area (Å²) in [7, 11) is 0. The highest BCUT2D eigenvalue weighted by Crippen LogP contribution is 2.23.